The van der Waals surface area contributed by atoms with Gasteiger partial charge in [0.2, 0.25) is 5.91 Å². The Morgan fingerprint density at radius 3 is 2.20 bits per heavy atom. The fourth-order valence-electron chi connectivity index (χ4n) is 1.73. The average molecular weight is 287 g/mol. The van der Waals surface area contributed by atoms with E-state index in [0.29, 0.717) is 13.0 Å². The van der Waals surface area contributed by atoms with Crippen LogP contribution in [0.4, 0.5) is 0 Å². The van der Waals surface area contributed by atoms with E-state index in [-0.39, 0.29) is 24.8 Å². The summed E-state index contributed by atoms with van der Waals surface area (Å²) in [5.41, 5.74) is -1.14. The van der Waals surface area contributed by atoms with Crippen LogP contribution in [0.15, 0.2) is 0 Å². The number of rotatable bonds is 8. The summed E-state index contributed by atoms with van der Waals surface area (Å²) < 4.78 is 4.55. The van der Waals surface area contributed by atoms with Crippen molar-refractivity contribution in [3.8, 4) is 0 Å². The number of ether oxygens (including phenoxy) is 1. The highest BCUT2D eigenvalue weighted by Crippen LogP contribution is 2.32. The maximum absolute atomic E-state index is 12.3. The molecule has 116 valence electrons. The van der Waals surface area contributed by atoms with Crippen LogP contribution in [0.1, 0.15) is 40.5 Å². The number of aliphatic carboxylic acids is 1. The Hall–Kier alpha value is -1.59. The van der Waals surface area contributed by atoms with Crippen LogP contribution in [0.5, 0.6) is 0 Å². The van der Waals surface area contributed by atoms with E-state index in [2.05, 4.69) is 4.74 Å². The lowest BCUT2D eigenvalue weighted by molar-refractivity contribution is -0.156. The lowest BCUT2D eigenvalue weighted by Gasteiger charge is -2.31. The van der Waals surface area contributed by atoms with E-state index in [9.17, 15) is 19.5 Å². The largest absolute Gasteiger partial charge is 0.481 e. The van der Waals surface area contributed by atoms with Crippen LogP contribution in [-0.2, 0) is 19.1 Å². The molecule has 0 heterocycles. The fraction of sp³-hybridized carbons (Fsp3) is 0.786. The van der Waals surface area contributed by atoms with Crippen molar-refractivity contribution in [1.82, 2.24) is 4.90 Å². The lowest BCUT2D eigenvalue weighted by atomic mass is 9.76. The van der Waals surface area contributed by atoms with Crippen LogP contribution in [-0.4, -0.2) is 48.1 Å². The van der Waals surface area contributed by atoms with Gasteiger partial charge in [-0.25, -0.2) is 0 Å². The zero-order valence-corrected chi connectivity index (χ0v) is 12.9. The van der Waals surface area contributed by atoms with Gasteiger partial charge < -0.3 is 14.7 Å². The Morgan fingerprint density at radius 1 is 1.30 bits per heavy atom. The first-order chi connectivity index (χ1) is 9.18. The summed E-state index contributed by atoms with van der Waals surface area (Å²) >= 11 is 0. The summed E-state index contributed by atoms with van der Waals surface area (Å²) in [5.74, 6) is -2.04. The normalized spacial score (nSPS) is 13.7. The van der Waals surface area contributed by atoms with Crippen LogP contribution in [0.25, 0.3) is 0 Å². The first kappa shape index (κ1) is 18.4. The monoisotopic (exact) mass is 287 g/mol. The molecule has 0 aromatic carbocycles. The molecule has 1 N–H and O–H groups in total. The standard InChI is InChI=1S/C14H25NO5/c1-6-7-15(9-12(17)20-5)11(16)8-14(4,10(2)3)13(18)19/h10H,6-9H2,1-5H3,(H,18,19). The van der Waals surface area contributed by atoms with Crippen LogP contribution < -0.4 is 0 Å². The number of esters is 1. The van der Waals surface area contributed by atoms with Gasteiger partial charge in [-0.2, -0.15) is 0 Å². The highest BCUT2D eigenvalue weighted by molar-refractivity contribution is 5.87. The van der Waals surface area contributed by atoms with Crippen LogP contribution in [0, 0.1) is 11.3 Å². The molecule has 0 bridgehead atoms. The number of amides is 1. The zero-order chi connectivity index (χ0) is 15.9. The van der Waals surface area contributed by atoms with Gasteiger partial charge in [0.1, 0.15) is 6.54 Å². The maximum Gasteiger partial charge on any atom is 0.325 e. The van der Waals surface area contributed by atoms with Gasteiger partial charge in [-0.3, -0.25) is 14.4 Å². The Labute approximate surface area is 120 Å². The van der Waals surface area contributed by atoms with E-state index >= 15 is 0 Å². The van der Waals surface area contributed by atoms with Crippen molar-refractivity contribution in [2.75, 3.05) is 20.2 Å². The first-order valence-electron chi connectivity index (χ1n) is 6.77. The van der Waals surface area contributed by atoms with Crippen LogP contribution in [0.2, 0.25) is 0 Å². The second kappa shape index (κ2) is 7.87. The second-order valence-electron chi connectivity index (χ2n) is 5.45. The molecule has 20 heavy (non-hydrogen) atoms. The van der Waals surface area contributed by atoms with E-state index in [4.69, 9.17) is 0 Å². The Morgan fingerprint density at radius 2 is 1.85 bits per heavy atom. The molecule has 0 spiro atoms. The van der Waals surface area contributed by atoms with Gasteiger partial charge in [-0.15, -0.1) is 0 Å². The number of carbonyl (C=O) groups is 3. The molecule has 0 aliphatic rings. The number of carbonyl (C=O) groups excluding carboxylic acids is 2. The van der Waals surface area contributed by atoms with Crippen molar-refractivity contribution in [1.29, 1.82) is 0 Å². The van der Waals surface area contributed by atoms with Gasteiger partial charge in [-0.05, 0) is 19.3 Å². The lowest BCUT2D eigenvalue weighted by Crippen LogP contribution is -2.43. The van der Waals surface area contributed by atoms with Crippen molar-refractivity contribution >= 4 is 17.8 Å². The molecule has 1 atom stereocenters. The number of hydrogen-bond acceptors (Lipinski definition) is 4. The minimum absolute atomic E-state index is 0.128. The highest BCUT2D eigenvalue weighted by atomic mass is 16.5. The van der Waals surface area contributed by atoms with Gasteiger partial charge in [0, 0.05) is 13.0 Å². The summed E-state index contributed by atoms with van der Waals surface area (Å²) in [7, 11) is 1.26. The minimum Gasteiger partial charge on any atom is -0.481 e. The van der Waals surface area contributed by atoms with E-state index < -0.39 is 17.4 Å². The van der Waals surface area contributed by atoms with Gasteiger partial charge >= 0.3 is 11.9 Å². The van der Waals surface area contributed by atoms with E-state index in [1.54, 1.807) is 20.8 Å². The number of carboxylic acid groups (broad SMARTS) is 1. The topological polar surface area (TPSA) is 83.9 Å². The molecule has 0 aromatic rings. The molecule has 0 rings (SSSR count). The molecular weight excluding hydrogens is 262 g/mol. The number of carboxylic acids is 1. The molecular formula is C14H25NO5. The number of hydrogen-bond donors (Lipinski definition) is 1. The van der Waals surface area contributed by atoms with E-state index in [0.717, 1.165) is 0 Å². The zero-order valence-electron chi connectivity index (χ0n) is 12.9. The molecule has 0 aromatic heterocycles. The van der Waals surface area contributed by atoms with Gasteiger partial charge in [-0.1, -0.05) is 20.8 Å². The average Bonchev–Trinajstić information content (AvgIpc) is 2.37. The predicted molar refractivity (Wildman–Crippen MR) is 74.1 cm³/mol. The van der Waals surface area contributed by atoms with Crippen LogP contribution >= 0.6 is 0 Å². The molecule has 6 nitrogen and oxygen atoms in total. The number of nitrogens with zero attached hydrogens (tertiary/aromatic N) is 1. The van der Waals surface area contributed by atoms with Gasteiger partial charge in [0.05, 0.1) is 12.5 Å². The van der Waals surface area contributed by atoms with Crippen molar-refractivity contribution < 1.29 is 24.2 Å². The summed E-state index contributed by atoms with van der Waals surface area (Å²) in [5, 5.41) is 9.33. The van der Waals surface area contributed by atoms with Crippen molar-refractivity contribution in [3.05, 3.63) is 0 Å². The SMILES string of the molecule is CCCN(CC(=O)OC)C(=O)CC(C)(C(=O)O)C(C)C. The van der Waals surface area contributed by atoms with Gasteiger partial charge in [0.15, 0.2) is 0 Å². The van der Waals surface area contributed by atoms with E-state index in [1.807, 2.05) is 6.92 Å². The molecule has 1 unspecified atom stereocenters. The molecule has 0 aliphatic carbocycles. The summed E-state index contributed by atoms with van der Waals surface area (Å²) in [6.07, 6.45) is 0.561. The third-order valence-electron chi connectivity index (χ3n) is 3.68. The highest BCUT2D eigenvalue weighted by Gasteiger charge is 2.40. The Balaban J connectivity index is 4.98. The first-order valence-corrected chi connectivity index (χ1v) is 6.77. The third kappa shape index (κ3) is 4.83. The van der Waals surface area contributed by atoms with Gasteiger partial charge in [0.25, 0.3) is 0 Å². The molecule has 6 heteroatoms. The molecule has 0 radical (unpaired) electrons. The molecule has 1 amide bonds. The summed E-state index contributed by atoms with van der Waals surface area (Å²) in [6, 6.07) is 0. The minimum atomic E-state index is -1.14. The maximum atomic E-state index is 12.3. The number of methoxy groups -OCH3 is 1. The Bertz CT molecular complexity index is 367. The second-order valence-corrected chi connectivity index (χ2v) is 5.45. The van der Waals surface area contributed by atoms with Crippen molar-refractivity contribution in [3.63, 3.8) is 0 Å². The Kier molecular flexibility index (Phi) is 7.24. The molecule has 0 saturated carbocycles. The third-order valence-corrected chi connectivity index (χ3v) is 3.68. The smallest absolute Gasteiger partial charge is 0.325 e. The van der Waals surface area contributed by atoms with Crippen LogP contribution in [0.3, 0.4) is 0 Å². The summed E-state index contributed by atoms with van der Waals surface area (Å²) in [4.78, 5) is 36.3. The summed E-state index contributed by atoms with van der Waals surface area (Å²) in [6.45, 7) is 7.24. The van der Waals surface area contributed by atoms with E-state index in [1.165, 1.54) is 12.0 Å². The fourth-order valence-corrected chi connectivity index (χ4v) is 1.73. The predicted octanol–water partition coefficient (Wildman–Crippen LogP) is 1.53. The molecule has 0 saturated heterocycles. The van der Waals surface area contributed by atoms with Crippen molar-refractivity contribution in [2.45, 2.75) is 40.5 Å². The van der Waals surface area contributed by atoms with Crippen molar-refractivity contribution in [2.24, 2.45) is 11.3 Å². The molecule has 0 fully saturated rings. The molecule has 0 aliphatic heterocycles. The quantitative estimate of drug-likeness (QED) is 0.684.